The summed E-state index contributed by atoms with van der Waals surface area (Å²) in [5.41, 5.74) is 0.958. The highest BCUT2D eigenvalue weighted by Crippen LogP contribution is 2.30. The van der Waals surface area contributed by atoms with E-state index in [4.69, 9.17) is 27.9 Å². The van der Waals surface area contributed by atoms with E-state index >= 15 is 0 Å². The largest absolute Gasteiger partial charge is 0.488 e. The molecule has 3 aromatic carbocycles. The maximum absolute atomic E-state index is 13.9. The Morgan fingerprint density at radius 1 is 1.16 bits per heavy atom. The van der Waals surface area contributed by atoms with Crippen LogP contribution in [0.3, 0.4) is 0 Å². The second-order valence-corrected chi connectivity index (χ2v) is 7.99. The third-order valence-electron chi connectivity index (χ3n) is 4.18. The topological polar surface area (TPSA) is 62.1 Å². The number of benzene rings is 3. The highest BCUT2D eigenvalue weighted by Gasteiger charge is 2.14. The number of nitrogens with one attached hydrogen (secondary N) is 1. The van der Waals surface area contributed by atoms with Crippen molar-refractivity contribution in [2.75, 3.05) is 5.32 Å². The Labute approximate surface area is 197 Å². The molecule has 0 saturated carbocycles. The molecular weight excluding hydrogens is 506 g/mol. The van der Waals surface area contributed by atoms with Crippen molar-refractivity contribution in [3.63, 3.8) is 0 Å². The molecule has 0 unspecified atom stereocenters. The Balaban J connectivity index is 1.87. The number of carbonyl (C=O) groups is 1. The molecule has 3 rings (SSSR count). The van der Waals surface area contributed by atoms with Gasteiger partial charge in [0.05, 0.1) is 15.7 Å². The van der Waals surface area contributed by atoms with E-state index in [2.05, 4.69) is 21.2 Å². The van der Waals surface area contributed by atoms with Crippen LogP contribution in [0.2, 0.25) is 10.0 Å². The summed E-state index contributed by atoms with van der Waals surface area (Å²) >= 11 is 15.4. The van der Waals surface area contributed by atoms with Crippen LogP contribution in [0.1, 0.15) is 11.1 Å². The Kier molecular flexibility index (Phi) is 7.69. The van der Waals surface area contributed by atoms with Crippen molar-refractivity contribution in [2.24, 2.45) is 0 Å². The van der Waals surface area contributed by atoms with E-state index in [9.17, 15) is 14.4 Å². The Hall–Kier alpha value is -2.85. The number of carbonyl (C=O) groups excluding carboxylic acids is 1. The summed E-state index contributed by atoms with van der Waals surface area (Å²) in [6, 6.07) is 18.0. The van der Waals surface area contributed by atoms with Gasteiger partial charge in [-0.25, -0.2) is 4.39 Å². The van der Waals surface area contributed by atoms with Crippen molar-refractivity contribution in [1.82, 2.24) is 0 Å². The lowest BCUT2D eigenvalue weighted by atomic mass is 10.1. The van der Waals surface area contributed by atoms with E-state index < -0.39 is 5.91 Å². The average molecular weight is 520 g/mol. The van der Waals surface area contributed by atoms with Gasteiger partial charge in [0.25, 0.3) is 5.91 Å². The number of halogens is 4. The van der Waals surface area contributed by atoms with E-state index in [1.165, 1.54) is 12.1 Å². The van der Waals surface area contributed by atoms with E-state index in [0.717, 1.165) is 0 Å². The molecule has 0 radical (unpaired) electrons. The summed E-state index contributed by atoms with van der Waals surface area (Å²) < 4.78 is 20.3. The van der Waals surface area contributed by atoms with Crippen molar-refractivity contribution >= 4 is 56.8 Å². The van der Waals surface area contributed by atoms with Crippen LogP contribution in [0.15, 0.2) is 70.7 Å². The number of nitriles is 1. The second-order valence-electron chi connectivity index (χ2n) is 6.29. The lowest BCUT2D eigenvalue weighted by Crippen LogP contribution is -2.14. The summed E-state index contributed by atoms with van der Waals surface area (Å²) in [7, 11) is 0. The SMILES string of the molecule is N#C/C(=C/c1cc(Br)ccc1OCc1ccccc1F)C(=O)Nc1cccc(Cl)c1Cl. The molecule has 0 aliphatic carbocycles. The van der Waals surface area contributed by atoms with E-state index in [1.807, 2.05) is 6.07 Å². The molecule has 1 amide bonds. The standard InChI is InChI=1S/C23H14BrCl2FN2O2/c24-17-8-9-21(31-13-14-4-1-2-6-19(14)27)15(11-17)10-16(12-28)23(30)29-20-7-3-5-18(25)22(20)26/h1-11H,13H2,(H,29,30)/b16-10-. The van der Waals surface area contributed by atoms with E-state index in [-0.39, 0.29) is 33.7 Å². The van der Waals surface area contributed by atoms with Gasteiger partial charge in [0.1, 0.15) is 29.8 Å². The number of ether oxygens (including phenoxy) is 1. The molecule has 0 aliphatic rings. The molecule has 0 fully saturated rings. The maximum atomic E-state index is 13.9. The normalized spacial score (nSPS) is 11.0. The quantitative estimate of drug-likeness (QED) is 0.281. The molecule has 1 N–H and O–H groups in total. The van der Waals surface area contributed by atoms with Crippen molar-refractivity contribution in [2.45, 2.75) is 6.61 Å². The van der Waals surface area contributed by atoms with Crippen molar-refractivity contribution in [1.29, 1.82) is 5.26 Å². The summed E-state index contributed by atoms with van der Waals surface area (Å²) in [5.74, 6) is -0.660. The smallest absolute Gasteiger partial charge is 0.266 e. The van der Waals surface area contributed by atoms with Gasteiger partial charge in [0.15, 0.2) is 0 Å². The molecule has 3 aromatic rings. The molecule has 8 heteroatoms. The monoisotopic (exact) mass is 518 g/mol. The molecule has 156 valence electrons. The molecule has 31 heavy (non-hydrogen) atoms. The van der Waals surface area contributed by atoms with E-state index in [0.29, 0.717) is 21.3 Å². The highest BCUT2D eigenvalue weighted by molar-refractivity contribution is 9.10. The van der Waals surface area contributed by atoms with Crippen LogP contribution in [0.25, 0.3) is 6.08 Å². The van der Waals surface area contributed by atoms with Crippen LogP contribution in [0.4, 0.5) is 10.1 Å². The summed E-state index contributed by atoms with van der Waals surface area (Å²) in [5, 5.41) is 12.5. The fourth-order valence-electron chi connectivity index (χ4n) is 2.63. The average Bonchev–Trinajstić information content (AvgIpc) is 2.75. The minimum absolute atomic E-state index is 0.0125. The van der Waals surface area contributed by atoms with Gasteiger partial charge < -0.3 is 10.1 Å². The lowest BCUT2D eigenvalue weighted by molar-refractivity contribution is -0.112. The van der Waals surface area contributed by atoms with Gasteiger partial charge in [-0.1, -0.05) is 63.4 Å². The van der Waals surface area contributed by atoms with Gasteiger partial charge in [0.2, 0.25) is 0 Å². The number of nitrogens with zero attached hydrogens (tertiary/aromatic N) is 1. The molecule has 0 aromatic heterocycles. The number of anilines is 1. The summed E-state index contributed by atoms with van der Waals surface area (Å²) in [4.78, 5) is 12.6. The van der Waals surface area contributed by atoms with Gasteiger partial charge in [-0.2, -0.15) is 5.26 Å². The zero-order chi connectivity index (χ0) is 22.4. The third kappa shape index (κ3) is 5.86. The summed E-state index contributed by atoms with van der Waals surface area (Å²) in [6.45, 7) is -0.0125. The van der Waals surface area contributed by atoms with Gasteiger partial charge in [-0.05, 0) is 42.5 Å². The molecule has 0 spiro atoms. The first-order valence-corrected chi connectivity index (χ1v) is 10.5. The molecule has 0 bridgehead atoms. The lowest BCUT2D eigenvalue weighted by Gasteiger charge is -2.11. The minimum Gasteiger partial charge on any atom is -0.488 e. The number of hydrogen-bond donors (Lipinski definition) is 1. The minimum atomic E-state index is -0.660. The zero-order valence-corrected chi connectivity index (χ0v) is 18.9. The van der Waals surface area contributed by atoms with Crippen molar-refractivity contribution in [3.05, 3.63) is 97.7 Å². The fraction of sp³-hybridized carbons (Fsp3) is 0.0435. The third-order valence-corrected chi connectivity index (χ3v) is 5.49. The second kappa shape index (κ2) is 10.5. The first kappa shape index (κ1) is 22.8. The van der Waals surface area contributed by atoms with Gasteiger partial charge in [-0.15, -0.1) is 0 Å². The maximum Gasteiger partial charge on any atom is 0.266 e. The highest BCUT2D eigenvalue weighted by atomic mass is 79.9. The van der Waals surface area contributed by atoms with Crippen LogP contribution >= 0.6 is 39.1 Å². The molecule has 4 nitrogen and oxygen atoms in total. The fourth-order valence-corrected chi connectivity index (χ4v) is 3.36. The molecule has 0 atom stereocenters. The van der Waals surface area contributed by atoms with Crippen LogP contribution < -0.4 is 10.1 Å². The number of rotatable bonds is 6. The molecular formula is C23H14BrCl2FN2O2. The Morgan fingerprint density at radius 2 is 1.94 bits per heavy atom. The van der Waals surface area contributed by atoms with Gasteiger partial charge in [-0.3, -0.25) is 4.79 Å². The molecule has 0 saturated heterocycles. The predicted octanol–water partition coefficient (Wildman–Crippen LogP) is 7.02. The van der Waals surface area contributed by atoms with Crippen molar-refractivity contribution in [3.8, 4) is 11.8 Å². The van der Waals surface area contributed by atoms with Crippen LogP contribution in [-0.4, -0.2) is 5.91 Å². The number of hydrogen-bond acceptors (Lipinski definition) is 3. The van der Waals surface area contributed by atoms with Crippen LogP contribution in [0, 0.1) is 17.1 Å². The number of amides is 1. The molecule has 0 aliphatic heterocycles. The van der Waals surface area contributed by atoms with Crippen LogP contribution in [0.5, 0.6) is 5.75 Å². The van der Waals surface area contributed by atoms with Gasteiger partial charge in [0, 0.05) is 15.6 Å². The first-order chi connectivity index (χ1) is 14.9. The summed E-state index contributed by atoms with van der Waals surface area (Å²) in [6.07, 6.45) is 1.38. The van der Waals surface area contributed by atoms with Crippen LogP contribution in [-0.2, 0) is 11.4 Å². The van der Waals surface area contributed by atoms with E-state index in [1.54, 1.807) is 54.6 Å². The Bertz CT molecular complexity index is 1210. The zero-order valence-electron chi connectivity index (χ0n) is 15.8. The Morgan fingerprint density at radius 3 is 2.68 bits per heavy atom. The predicted molar refractivity (Wildman–Crippen MR) is 124 cm³/mol. The van der Waals surface area contributed by atoms with Crippen molar-refractivity contribution < 1.29 is 13.9 Å². The van der Waals surface area contributed by atoms with Gasteiger partial charge >= 0.3 is 0 Å². The molecule has 0 heterocycles. The first-order valence-electron chi connectivity index (χ1n) is 8.92.